The Balaban J connectivity index is 0.00000280. The standard InChI is InChI=1S/C17H24N4O5S.ClH/c1-20-7-6-19-17(20)13-11-18-5-8-21(13)27(22,23)16-14(25-3)9-12(24-2)10-15(16)26-4;/h6-7,9-10,13,18H,5,8,11H2,1-4H3;1H. The van der Waals surface area contributed by atoms with Crippen molar-refractivity contribution in [1.82, 2.24) is 19.2 Å². The van der Waals surface area contributed by atoms with Crippen molar-refractivity contribution in [1.29, 1.82) is 0 Å². The van der Waals surface area contributed by atoms with Crippen LogP contribution in [-0.4, -0.2) is 63.2 Å². The Hall–Kier alpha value is -2.01. The molecule has 1 N–H and O–H groups in total. The molecule has 1 fully saturated rings. The number of nitrogens with one attached hydrogen (secondary N) is 1. The van der Waals surface area contributed by atoms with Crippen LogP contribution in [0.25, 0.3) is 0 Å². The van der Waals surface area contributed by atoms with E-state index in [4.69, 9.17) is 14.2 Å². The van der Waals surface area contributed by atoms with Gasteiger partial charge in [0.1, 0.15) is 23.1 Å². The molecule has 0 radical (unpaired) electrons. The third-order valence-corrected chi connectivity index (χ3v) is 6.56. The molecule has 0 bridgehead atoms. The van der Waals surface area contributed by atoms with Crippen LogP contribution in [-0.2, 0) is 17.1 Å². The molecule has 1 aliphatic rings. The highest BCUT2D eigenvalue weighted by molar-refractivity contribution is 7.89. The number of aromatic nitrogens is 2. The number of imidazole rings is 1. The number of rotatable bonds is 6. The van der Waals surface area contributed by atoms with Gasteiger partial charge in [-0.3, -0.25) is 0 Å². The summed E-state index contributed by atoms with van der Waals surface area (Å²) in [5, 5.41) is 3.24. The van der Waals surface area contributed by atoms with Crippen molar-refractivity contribution in [2.24, 2.45) is 7.05 Å². The molecule has 1 unspecified atom stereocenters. The summed E-state index contributed by atoms with van der Waals surface area (Å²) in [6, 6.07) is 2.63. The monoisotopic (exact) mass is 432 g/mol. The molecule has 3 rings (SSSR count). The highest BCUT2D eigenvalue weighted by Crippen LogP contribution is 2.41. The van der Waals surface area contributed by atoms with E-state index in [1.54, 1.807) is 12.4 Å². The molecule has 11 heteroatoms. The molecule has 1 aromatic carbocycles. The smallest absolute Gasteiger partial charge is 0.251 e. The molecule has 0 spiro atoms. The van der Waals surface area contributed by atoms with Crippen LogP contribution in [0.4, 0.5) is 0 Å². The summed E-state index contributed by atoms with van der Waals surface area (Å²) in [4.78, 5) is 4.32. The predicted molar refractivity (Wildman–Crippen MR) is 106 cm³/mol. The van der Waals surface area contributed by atoms with Gasteiger partial charge in [-0.25, -0.2) is 13.4 Å². The van der Waals surface area contributed by atoms with Gasteiger partial charge in [0.2, 0.25) is 0 Å². The zero-order chi connectivity index (χ0) is 19.6. The van der Waals surface area contributed by atoms with E-state index in [1.807, 2.05) is 11.6 Å². The Morgan fingerprint density at radius 2 is 1.79 bits per heavy atom. The quantitative estimate of drug-likeness (QED) is 0.732. The molecular weight excluding hydrogens is 408 g/mol. The molecule has 9 nitrogen and oxygen atoms in total. The summed E-state index contributed by atoms with van der Waals surface area (Å²) < 4.78 is 46.4. The van der Waals surface area contributed by atoms with Gasteiger partial charge in [-0.1, -0.05) is 0 Å². The van der Waals surface area contributed by atoms with Crippen LogP contribution in [0.15, 0.2) is 29.4 Å². The summed E-state index contributed by atoms with van der Waals surface area (Å²) in [6.07, 6.45) is 3.45. The molecule has 28 heavy (non-hydrogen) atoms. The highest BCUT2D eigenvalue weighted by Gasteiger charge is 2.39. The van der Waals surface area contributed by atoms with E-state index in [9.17, 15) is 8.42 Å². The Kier molecular flexibility index (Phi) is 7.16. The van der Waals surface area contributed by atoms with Crippen LogP contribution >= 0.6 is 12.4 Å². The van der Waals surface area contributed by atoms with Gasteiger partial charge in [-0.15, -0.1) is 12.4 Å². The van der Waals surface area contributed by atoms with Gasteiger partial charge in [-0.2, -0.15) is 4.31 Å². The first-order valence-electron chi connectivity index (χ1n) is 8.43. The van der Waals surface area contributed by atoms with Gasteiger partial charge >= 0.3 is 0 Å². The number of piperazine rings is 1. The number of halogens is 1. The van der Waals surface area contributed by atoms with Crippen LogP contribution in [0.3, 0.4) is 0 Å². The molecule has 2 aromatic rings. The minimum Gasteiger partial charge on any atom is -0.496 e. The highest BCUT2D eigenvalue weighted by atomic mass is 35.5. The zero-order valence-corrected chi connectivity index (χ0v) is 17.8. The summed E-state index contributed by atoms with van der Waals surface area (Å²) in [6.45, 7) is 1.31. The van der Waals surface area contributed by atoms with E-state index >= 15 is 0 Å². The minimum absolute atomic E-state index is 0. The van der Waals surface area contributed by atoms with Gasteiger partial charge in [0.25, 0.3) is 10.0 Å². The first kappa shape index (κ1) is 22.3. The maximum absolute atomic E-state index is 13.6. The van der Waals surface area contributed by atoms with Gasteiger partial charge in [-0.05, 0) is 0 Å². The molecule has 1 saturated heterocycles. The Labute approximate surface area is 171 Å². The second kappa shape index (κ2) is 8.99. The van der Waals surface area contributed by atoms with Gasteiger partial charge in [0.15, 0.2) is 4.90 Å². The van der Waals surface area contributed by atoms with Gasteiger partial charge in [0, 0.05) is 51.2 Å². The van der Waals surface area contributed by atoms with Crippen molar-refractivity contribution in [3.05, 3.63) is 30.4 Å². The molecule has 1 atom stereocenters. The summed E-state index contributed by atoms with van der Waals surface area (Å²) in [5.74, 6) is 1.45. The SMILES string of the molecule is COc1cc(OC)c(S(=O)(=O)N2CCNCC2c2nccn2C)c(OC)c1.Cl. The van der Waals surface area contributed by atoms with Crippen molar-refractivity contribution in [3.63, 3.8) is 0 Å². The van der Waals surface area contributed by atoms with E-state index in [-0.39, 0.29) is 28.8 Å². The predicted octanol–water partition coefficient (Wildman–Crippen LogP) is 1.20. The largest absolute Gasteiger partial charge is 0.496 e. The Bertz CT molecular complexity index is 893. The first-order chi connectivity index (χ1) is 12.9. The Morgan fingerprint density at radius 1 is 1.14 bits per heavy atom. The minimum atomic E-state index is -3.93. The van der Waals surface area contributed by atoms with E-state index in [2.05, 4.69) is 10.3 Å². The average Bonchev–Trinajstić information content (AvgIpc) is 3.12. The Morgan fingerprint density at radius 3 is 2.29 bits per heavy atom. The topological polar surface area (TPSA) is 94.9 Å². The maximum atomic E-state index is 13.6. The van der Waals surface area contributed by atoms with Crippen LogP contribution in [0.2, 0.25) is 0 Å². The molecule has 1 aliphatic heterocycles. The van der Waals surface area contributed by atoms with Crippen molar-refractivity contribution in [2.45, 2.75) is 10.9 Å². The molecule has 0 amide bonds. The van der Waals surface area contributed by atoms with Crippen LogP contribution in [0.1, 0.15) is 11.9 Å². The molecular formula is C17H25ClN4O5S. The maximum Gasteiger partial charge on any atom is 0.251 e. The third-order valence-electron chi connectivity index (χ3n) is 4.59. The lowest BCUT2D eigenvalue weighted by Crippen LogP contribution is -2.49. The number of hydrogen-bond acceptors (Lipinski definition) is 7. The summed E-state index contributed by atoms with van der Waals surface area (Å²) >= 11 is 0. The molecule has 0 saturated carbocycles. The molecule has 1 aromatic heterocycles. The second-order valence-corrected chi connectivity index (χ2v) is 7.92. The van der Waals surface area contributed by atoms with Crippen molar-refractivity contribution < 1.29 is 22.6 Å². The number of hydrogen-bond donors (Lipinski definition) is 1. The lowest BCUT2D eigenvalue weighted by atomic mass is 10.2. The van der Waals surface area contributed by atoms with E-state index < -0.39 is 16.1 Å². The first-order valence-corrected chi connectivity index (χ1v) is 9.87. The van der Waals surface area contributed by atoms with E-state index in [0.717, 1.165) is 0 Å². The molecule has 0 aliphatic carbocycles. The van der Waals surface area contributed by atoms with Gasteiger partial charge in [0.05, 0.1) is 27.4 Å². The van der Waals surface area contributed by atoms with Crippen LogP contribution < -0.4 is 19.5 Å². The lowest BCUT2D eigenvalue weighted by molar-refractivity contribution is 0.256. The number of methoxy groups -OCH3 is 3. The fourth-order valence-electron chi connectivity index (χ4n) is 3.24. The van der Waals surface area contributed by atoms with Crippen LogP contribution in [0.5, 0.6) is 17.2 Å². The lowest BCUT2D eigenvalue weighted by Gasteiger charge is -2.35. The van der Waals surface area contributed by atoms with Crippen molar-refractivity contribution in [2.75, 3.05) is 41.0 Å². The summed E-state index contributed by atoms with van der Waals surface area (Å²) in [7, 11) is 2.25. The average molecular weight is 433 g/mol. The fraction of sp³-hybridized carbons (Fsp3) is 0.471. The number of ether oxygens (including phenoxy) is 3. The zero-order valence-electron chi connectivity index (χ0n) is 16.2. The number of aryl methyl sites for hydroxylation is 1. The van der Waals surface area contributed by atoms with Crippen LogP contribution in [0, 0.1) is 0 Å². The van der Waals surface area contributed by atoms with Crippen molar-refractivity contribution in [3.8, 4) is 17.2 Å². The number of sulfonamides is 1. The third kappa shape index (κ3) is 3.90. The molecule has 156 valence electrons. The van der Waals surface area contributed by atoms with Crippen molar-refractivity contribution >= 4 is 22.4 Å². The van der Waals surface area contributed by atoms with E-state index in [1.165, 1.54) is 37.8 Å². The number of benzene rings is 1. The summed E-state index contributed by atoms with van der Waals surface area (Å²) in [5.41, 5.74) is 0. The van der Waals surface area contributed by atoms with Gasteiger partial charge < -0.3 is 24.1 Å². The van der Waals surface area contributed by atoms with E-state index in [0.29, 0.717) is 31.2 Å². The molecule has 2 heterocycles. The fourth-order valence-corrected chi connectivity index (χ4v) is 5.10. The normalized spacial score (nSPS) is 17.6. The number of nitrogens with zero attached hydrogens (tertiary/aromatic N) is 3. The second-order valence-electron chi connectivity index (χ2n) is 6.09.